The Morgan fingerprint density at radius 3 is 2.63 bits per heavy atom. The van der Waals surface area contributed by atoms with E-state index in [9.17, 15) is 4.79 Å². The van der Waals surface area contributed by atoms with Crippen LogP contribution in [0.3, 0.4) is 0 Å². The molecule has 1 aromatic carbocycles. The van der Waals surface area contributed by atoms with Crippen LogP contribution in [0.1, 0.15) is 79.1 Å². The summed E-state index contributed by atoms with van der Waals surface area (Å²) in [7, 11) is 0. The summed E-state index contributed by atoms with van der Waals surface area (Å²) in [5.41, 5.74) is 4.84. The van der Waals surface area contributed by atoms with Crippen molar-refractivity contribution in [2.75, 3.05) is 13.1 Å². The largest absolute Gasteiger partial charge is 0.317 e. The van der Waals surface area contributed by atoms with E-state index in [4.69, 9.17) is 0 Å². The molecule has 5 rings (SSSR count). The van der Waals surface area contributed by atoms with Crippen LogP contribution < -0.4 is 10.9 Å². The molecule has 30 heavy (non-hydrogen) atoms. The number of nitrogens with zero attached hydrogens (tertiary/aromatic N) is 2. The highest BCUT2D eigenvalue weighted by atomic mass is 79.9. The third-order valence-electron chi connectivity index (χ3n) is 7.32. The van der Waals surface area contributed by atoms with Gasteiger partial charge in [-0.2, -0.15) is 4.98 Å². The van der Waals surface area contributed by atoms with E-state index in [1.807, 2.05) is 0 Å². The summed E-state index contributed by atoms with van der Waals surface area (Å²) in [6.45, 7) is 10.2. The SMILES string of the molecule is C=Cc1c(C(=C)Br)c(=O)nc2n1-c1cc(C3CCNCC3)ccc1C21CCCCC1. The number of piperidine rings is 1. The Morgan fingerprint density at radius 2 is 1.97 bits per heavy atom. The fourth-order valence-electron chi connectivity index (χ4n) is 5.87. The zero-order valence-electron chi connectivity index (χ0n) is 17.3. The lowest BCUT2D eigenvalue weighted by atomic mass is 9.69. The number of aromatic nitrogens is 2. The van der Waals surface area contributed by atoms with Crippen LogP contribution in [0.15, 0.2) is 36.2 Å². The standard InChI is InChI=1S/C25H28BrN3O/c1-3-20-22(16(2)26)23(30)28-24-25(11-5-4-6-12-25)19-8-7-18(15-21(19)29(20)24)17-9-13-27-14-10-17/h3,7-8,15,17,27H,1-2,4-6,9-14H2. The van der Waals surface area contributed by atoms with Gasteiger partial charge in [-0.25, -0.2) is 0 Å². The molecule has 0 amide bonds. The predicted octanol–water partition coefficient (Wildman–Crippen LogP) is 5.27. The fraction of sp³-hybridized carbons (Fsp3) is 0.440. The van der Waals surface area contributed by atoms with Crippen molar-refractivity contribution in [2.24, 2.45) is 0 Å². The Morgan fingerprint density at radius 1 is 1.23 bits per heavy atom. The maximum Gasteiger partial charge on any atom is 0.281 e. The molecule has 1 aliphatic carbocycles. The van der Waals surface area contributed by atoms with E-state index in [0.29, 0.717) is 16.0 Å². The van der Waals surface area contributed by atoms with E-state index in [0.717, 1.165) is 50.3 Å². The smallest absolute Gasteiger partial charge is 0.281 e. The molecule has 156 valence electrons. The summed E-state index contributed by atoms with van der Waals surface area (Å²) in [5.74, 6) is 1.48. The van der Waals surface area contributed by atoms with Crippen molar-refractivity contribution in [1.82, 2.24) is 14.9 Å². The second-order valence-electron chi connectivity index (χ2n) is 8.89. The average molecular weight is 466 g/mol. The quantitative estimate of drug-likeness (QED) is 0.671. The lowest BCUT2D eigenvalue weighted by molar-refractivity contribution is 0.337. The molecule has 1 spiro atoms. The molecular formula is C25H28BrN3O. The predicted molar refractivity (Wildman–Crippen MR) is 127 cm³/mol. The first kappa shape index (κ1) is 20.0. The number of nitrogens with one attached hydrogen (secondary N) is 1. The highest BCUT2D eigenvalue weighted by Gasteiger charge is 2.47. The van der Waals surface area contributed by atoms with Gasteiger partial charge in [0.15, 0.2) is 0 Å². The molecule has 4 nitrogen and oxygen atoms in total. The van der Waals surface area contributed by atoms with Crippen LogP contribution in [-0.2, 0) is 5.41 Å². The van der Waals surface area contributed by atoms with Gasteiger partial charge in [-0.3, -0.25) is 9.36 Å². The normalized spacial score (nSPS) is 20.0. The third kappa shape index (κ3) is 2.89. The van der Waals surface area contributed by atoms with E-state index in [1.54, 1.807) is 6.08 Å². The number of benzene rings is 1. The van der Waals surface area contributed by atoms with Crippen LogP contribution >= 0.6 is 15.9 Å². The first-order chi connectivity index (χ1) is 14.6. The minimum Gasteiger partial charge on any atom is -0.317 e. The summed E-state index contributed by atoms with van der Waals surface area (Å²) < 4.78 is 2.77. The van der Waals surface area contributed by atoms with Crippen LogP contribution in [0.25, 0.3) is 16.2 Å². The van der Waals surface area contributed by atoms with Gasteiger partial charge >= 0.3 is 0 Å². The number of hydrogen-bond donors (Lipinski definition) is 1. The second-order valence-corrected chi connectivity index (χ2v) is 9.85. The first-order valence-electron chi connectivity index (χ1n) is 11.1. The zero-order chi connectivity index (χ0) is 20.9. The highest BCUT2D eigenvalue weighted by molar-refractivity contribution is 9.15. The highest BCUT2D eigenvalue weighted by Crippen LogP contribution is 2.52. The zero-order valence-corrected chi connectivity index (χ0v) is 18.9. The molecule has 0 bridgehead atoms. The molecule has 5 heteroatoms. The molecular weight excluding hydrogens is 438 g/mol. The lowest BCUT2D eigenvalue weighted by Crippen LogP contribution is -2.33. The Labute approximate surface area is 186 Å². The Bertz CT molecular complexity index is 1090. The van der Waals surface area contributed by atoms with Gasteiger partial charge in [-0.05, 0) is 68.0 Å². The summed E-state index contributed by atoms with van der Waals surface area (Å²) >= 11 is 3.44. The summed E-state index contributed by atoms with van der Waals surface area (Å²) in [4.78, 5) is 17.7. The Kier molecular flexibility index (Phi) is 5.06. The van der Waals surface area contributed by atoms with E-state index in [1.165, 1.54) is 36.1 Å². The number of fused-ring (bicyclic) bond motifs is 5. The fourth-order valence-corrected chi connectivity index (χ4v) is 6.24. The van der Waals surface area contributed by atoms with Crippen LogP contribution in [-0.4, -0.2) is 22.6 Å². The summed E-state index contributed by atoms with van der Waals surface area (Å²) in [6.07, 6.45) is 9.79. The number of rotatable bonds is 3. The Hall–Kier alpha value is -1.98. The third-order valence-corrected chi connectivity index (χ3v) is 7.72. The molecule has 3 heterocycles. The van der Waals surface area contributed by atoms with Crippen molar-refractivity contribution in [1.29, 1.82) is 0 Å². The van der Waals surface area contributed by atoms with E-state index >= 15 is 0 Å². The lowest BCUT2D eigenvalue weighted by Gasteiger charge is -2.33. The molecule has 3 aliphatic rings. The molecule has 0 radical (unpaired) electrons. The summed E-state index contributed by atoms with van der Waals surface area (Å²) in [5, 5.41) is 3.47. The average Bonchev–Trinajstić information content (AvgIpc) is 3.02. The second kappa shape index (κ2) is 7.61. The van der Waals surface area contributed by atoms with Gasteiger partial charge in [-0.15, -0.1) is 0 Å². The molecule has 2 fully saturated rings. The van der Waals surface area contributed by atoms with Crippen molar-refractivity contribution in [2.45, 2.75) is 56.3 Å². The molecule has 2 aromatic rings. The molecule has 2 aliphatic heterocycles. The number of hydrogen-bond acceptors (Lipinski definition) is 3. The van der Waals surface area contributed by atoms with Crippen LogP contribution in [0.5, 0.6) is 0 Å². The minimum absolute atomic E-state index is 0.163. The molecule has 0 atom stereocenters. The van der Waals surface area contributed by atoms with Gasteiger partial charge in [0, 0.05) is 4.48 Å². The van der Waals surface area contributed by atoms with Gasteiger partial charge in [-0.1, -0.05) is 60.5 Å². The topological polar surface area (TPSA) is 46.9 Å². The maximum atomic E-state index is 13.0. The van der Waals surface area contributed by atoms with Gasteiger partial charge in [0.1, 0.15) is 5.82 Å². The molecule has 1 saturated carbocycles. The Balaban J connectivity index is 1.79. The van der Waals surface area contributed by atoms with E-state index < -0.39 is 0 Å². The maximum absolute atomic E-state index is 13.0. The van der Waals surface area contributed by atoms with Crippen molar-refractivity contribution in [3.05, 3.63) is 69.9 Å². The monoisotopic (exact) mass is 465 g/mol. The molecule has 1 N–H and O–H groups in total. The molecule has 1 aromatic heterocycles. The van der Waals surface area contributed by atoms with Crippen LogP contribution in [0, 0.1) is 0 Å². The number of halogens is 1. The van der Waals surface area contributed by atoms with Gasteiger partial charge < -0.3 is 5.32 Å². The van der Waals surface area contributed by atoms with Crippen molar-refractivity contribution < 1.29 is 0 Å². The van der Waals surface area contributed by atoms with Crippen LogP contribution in [0.2, 0.25) is 0 Å². The van der Waals surface area contributed by atoms with Gasteiger partial charge in [0.25, 0.3) is 5.56 Å². The van der Waals surface area contributed by atoms with Gasteiger partial charge in [0.05, 0.1) is 22.4 Å². The van der Waals surface area contributed by atoms with Gasteiger partial charge in [0.2, 0.25) is 0 Å². The molecule has 1 saturated heterocycles. The van der Waals surface area contributed by atoms with Crippen LogP contribution in [0.4, 0.5) is 0 Å². The molecule has 0 unspecified atom stereocenters. The van der Waals surface area contributed by atoms with E-state index in [2.05, 4.69) is 62.2 Å². The first-order valence-corrected chi connectivity index (χ1v) is 11.9. The van der Waals surface area contributed by atoms with Crippen molar-refractivity contribution in [3.8, 4) is 5.69 Å². The van der Waals surface area contributed by atoms with Crippen molar-refractivity contribution in [3.63, 3.8) is 0 Å². The summed E-state index contributed by atoms with van der Waals surface area (Å²) in [6, 6.07) is 7.01. The van der Waals surface area contributed by atoms with Crippen molar-refractivity contribution >= 4 is 26.5 Å². The minimum atomic E-state index is -0.214. The van der Waals surface area contributed by atoms with E-state index in [-0.39, 0.29) is 11.0 Å².